The van der Waals surface area contributed by atoms with Crippen molar-refractivity contribution in [1.29, 1.82) is 0 Å². The van der Waals surface area contributed by atoms with Crippen LogP contribution in [0, 0.1) is 6.92 Å². The van der Waals surface area contributed by atoms with E-state index in [0.29, 0.717) is 19.3 Å². The van der Waals surface area contributed by atoms with E-state index in [9.17, 15) is 0 Å². The minimum absolute atomic E-state index is 0. The Kier molecular flexibility index (Phi) is 12.4. The van der Waals surface area contributed by atoms with E-state index >= 15 is 0 Å². The van der Waals surface area contributed by atoms with Gasteiger partial charge in [0.25, 0.3) is 0 Å². The normalized spacial score (nSPS) is 16.2. The lowest BCUT2D eigenvalue weighted by atomic mass is 10.1. The van der Waals surface area contributed by atoms with Gasteiger partial charge in [0.1, 0.15) is 0 Å². The zero-order valence-corrected chi connectivity index (χ0v) is 18.7. The molecule has 0 radical (unpaired) electrons. The average molecular weight is 480 g/mol. The molecule has 0 bridgehead atoms. The van der Waals surface area contributed by atoms with Crippen LogP contribution in [0.1, 0.15) is 56.2 Å². The Bertz CT molecular complexity index is 487. The van der Waals surface area contributed by atoms with Gasteiger partial charge < -0.3 is 15.4 Å². The van der Waals surface area contributed by atoms with Crippen LogP contribution in [-0.4, -0.2) is 43.3 Å². The van der Waals surface area contributed by atoms with Crippen molar-refractivity contribution in [3.05, 3.63) is 16.1 Å². The standard InChI is InChI=1S/C18H32N4OS.HI/c1-3-19-18(20-11-10-16-14-24-15(2)22-16)21-12-13-23-17-8-6-4-5-7-9-17;/h14,17H,3-13H2,1-2H3,(H2,19,20,21);1H. The Morgan fingerprint density at radius 1 is 1.28 bits per heavy atom. The van der Waals surface area contributed by atoms with Crippen LogP contribution in [0.5, 0.6) is 0 Å². The van der Waals surface area contributed by atoms with Crippen LogP contribution >= 0.6 is 35.3 Å². The first-order valence-electron chi connectivity index (χ1n) is 9.32. The second-order valence-corrected chi connectivity index (χ2v) is 7.34. The Morgan fingerprint density at radius 3 is 2.68 bits per heavy atom. The number of aryl methyl sites for hydroxylation is 1. The van der Waals surface area contributed by atoms with Gasteiger partial charge in [-0.25, -0.2) is 4.98 Å². The molecule has 2 N–H and O–H groups in total. The predicted octanol–water partition coefficient (Wildman–Crippen LogP) is 3.91. The lowest BCUT2D eigenvalue weighted by Crippen LogP contribution is -2.38. The first kappa shape index (κ1) is 22.6. The third-order valence-electron chi connectivity index (χ3n) is 4.20. The smallest absolute Gasteiger partial charge is 0.191 e. The Labute approximate surface area is 173 Å². The number of aliphatic imine (C=N–C) groups is 1. The summed E-state index contributed by atoms with van der Waals surface area (Å²) in [5.41, 5.74) is 1.15. The number of hydrogen-bond acceptors (Lipinski definition) is 4. The summed E-state index contributed by atoms with van der Waals surface area (Å²) in [5.74, 6) is 0.869. The van der Waals surface area contributed by atoms with E-state index in [1.165, 1.54) is 38.5 Å². The summed E-state index contributed by atoms with van der Waals surface area (Å²) in [4.78, 5) is 9.10. The van der Waals surface area contributed by atoms with Crippen LogP contribution in [-0.2, 0) is 11.2 Å². The second kappa shape index (κ2) is 13.7. The highest BCUT2D eigenvalue weighted by atomic mass is 127. The third kappa shape index (κ3) is 9.75. The van der Waals surface area contributed by atoms with E-state index in [-0.39, 0.29) is 24.0 Å². The van der Waals surface area contributed by atoms with Crippen molar-refractivity contribution in [3.8, 4) is 0 Å². The van der Waals surface area contributed by atoms with Crippen LogP contribution in [0.15, 0.2) is 10.4 Å². The molecule has 25 heavy (non-hydrogen) atoms. The van der Waals surface area contributed by atoms with Crippen molar-refractivity contribution < 1.29 is 4.74 Å². The molecule has 0 atom stereocenters. The molecule has 1 saturated carbocycles. The molecular formula is C18H33IN4OS. The first-order chi connectivity index (χ1) is 11.8. The van der Waals surface area contributed by atoms with Crippen molar-refractivity contribution in [3.63, 3.8) is 0 Å². The maximum absolute atomic E-state index is 6.00. The fourth-order valence-corrected chi connectivity index (χ4v) is 3.61. The number of rotatable bonds is 8. The molecule has 7 heteroatoms. The number of nitrogens with zero attached hydrogens (tertiary/aromatic N) is 2. The van der Waals surface area contributed by atoms with Crippen LogP contribution in [0.3, 0.4) is 0 Å². The minimum atomic E-state index is 0. The summed E-state index contributed by atoms with van der Waals surface area (Å²) in [6.07, 6.45) is 9.17. The summed E-state index contributed by atoms with van der Waals surface area (Å²) >= 11 is 1.70. The summed E-state index contributed by atoms with van der Waals surface area (Å²) in [6, 6.07) is 0. The van der Waals surface area contributed by atoms with Crippen LogP contribution in [0.2, 0.25) is 0 Å². The molecule has 0 aliphatic heterocycles. The van der Waals surface area contributed by atoms with Gasteiger partial charge in [-0.1, -0.05) is 25.7 Å². The number of hydrogen-bond donors (Lipinski definition) is 2. The van der Waals surface area contributed by atoms with Gasteiger partial charge in [-0.15, -0.1) is 35.3 Å². The molecule has 5 nitrogen and oxygen atoms in total. The lowest BCUT2D eigenvalue weighted by Gasteiger charge is -2.15. The molecule has 2 rings (SSSR count). The van der Waals surface area contributed by atoms with E-state index in [4.69, 9.17) is 4.74 Å². The highest BCUT2D eigenvalue weighted by molar-refractivity contribution is 14.0. The molecule has 1 aromatic heterocycles. The quantitative estimate of drug-likeness (QED) is 0.195. The maximum Gasteiger partial charge on any atom is 0.191 e. The summed E-state index contributed by atoms with van der Waals surface area (Å²) < 4.78 is 6.00. The van der Waals surface area contributed by atoms with Crippen molar-refractivity contribution in [2.45, 2.75) is 64.9 Å². The van der Waals surface area contributed by atoms with E-state index < -0.39 is 0 Å². The van der Waals surface area contributed by atoms with Gasteiger partial charge in [0.15, 0.2) is 5.96 Å². The molecule has 1 aromatic rings. The molecule has 1 heterocycles. The van der Waals surface area contributed by atoms with Gasteiger partial charge in [0.2, 0.25) is 0 Å². The highest BCUT2D eigenvalue weighted by Gasteiger charge is 2.11. The zero-order valence-electron chi connectivity index (χ0n) is 15.6. The topological polar surface area (TPSA) is 58.5 Å². The third-order valence-corrected chi connectivity index (χ3v) is 5.02. The van der Waals surface area contributed by atoms with Gasteiger partial charge in [0.05, 0.1) is 30.0 Å². The van der Waals surface area contributed by atoms with Gasteiger partial charge >= 0.3 is 0 Å². The van der Waals surface area contributed by atoms with Crippen LogP contribution in [0.25, 0.3) is 0 Å². The average Bonchev–Trinajstić information content (AvgIpc) is 2.83. The summed E-state index contributed by atoms with van der Waals surface area (Å²) in [7, 11) is 0. The van der Waals surface area contributed by atoms with Crippen molar-refractivity contribution in [2.24, 2.45) is 4.99 Å². The number of halogens is 1. The van der Waals surface area contributed by atoms with Crippen LogP contribution in [0.4, 0.5) is 0 Å². The number of ether oxygens (including phenoxy) is 1. The van der Waals surface area contributed by atoms with Gasteiger partial charge in [-0.3, -0.25) is 4.99 Å². The lowest BCUT2D eigenvalue weighted by molar-refractivity contribution is 0.0487. The fourth-order valence-electron chi connectivity index (χ4n) is 2.96. The predicted molar refractivity (Wildman–Crippen MR) is 117 cm³/mol. The molecule has 1 aliphatic rings. The Hall–Kier alpha value is -0.410. The second-order valence-electron chi connectivity index (χ2n) is 6.28. The van der Waals surface area contributed by atoms with E-state index in [2.05, 4.69) is 32.9 Å². The van der Waals surface area contributed by atoms with Crippen molar-refractivity contribution in [2.75, 3.05) is 26.2 Å². The van der Waals surface area contributed by atoms with Crippen LogP contribution < -0.4 is 10.6 Å². The monoisotopic (exact) mass is 480 g/mol. The molecule has 144 valence electrons. The first-order valence-corrected chi connectivity index (χ1v) is 10.2. The SMILES string of the molecule is CCNC(=NCCOC1CCCCCC1)NCCc1csc(C)n1.I. The largest absolute Gasteiger partial charge is 0.376 e. The molecule has 1 fully saturated rings. The minimum Gasteiger partial charge on any atom is -0.376 e. The summed E-state index contributed by atoms with van der Waals surface area (Å²) in [6.45, 7) is 7.27. The number of nitrogens with one attached hydrogen (secondary N) is 2. The highest BCUT2D eigenvalue weighted by Crippen LogP contribution is 2.19. The molecule has 0 amide bonds. The fraction of sp³-hybridized carbons (Fsp3) is 0.778. The van der Waals surface area contributed by atoms with E-state index in [1.807, 2.05) is 6.92 Å². The van der Waals surface area contributed by atoms with Gasteiger partial charge in [0, 0.05) is 24.9 Å². The van der Waals surface area contributed by atoms with E-state index in [0.717, 1.165) is 36.2 Å². The van der Waals surface area contributed by atoms with Crippen molar-refractivity contribution >= 4 is 41.3 Å². The molecule has 0 saturated heterocycles. The van der Waals surface area contributed by atoms with E-state index in [1.54, 1.807) is 11.3 Å². The number of aromatic nitrogens is 1. The zero-order chi connectivity index (χ0) is 17.0. The molecule has 0 unspecified atom stereocenters. The van der Waals surface area contributed by atoms with Gasteiger partial charge in [-0.2, -0.15) is 0 Å². The molecular weight excluding hydrogens is 447 g/mol. The molecule has 0 aromatic carbocycles. The Balaban J connectivity index is 0.00000312. The number of thiazole rings is 1. The molecule has 0 spiro atoms. The summed E-state index contributed by atoms with van der Waals surface area (Å²) in [5, 5.41) is 9.92. The molecule has 1 aliphatic carbocycles. The van der Waals surface area contributed by atoms with Crippen molar-refractivity contribution in [1.82, 2.24) is 15.6 Å². The maximum atomic E-state index is 6.00. The Morgan fingerprint density at radius 2 is 2.04 bits per heavy atom. The number of guanidine groups is 1. The van der Waals surface area contributed by atoms with Gasteiger partial charge in [-0.05, 0) is 26.7 Å².